The van der Waals surface area contributed by atoms with Gasteiger partial charge in [0.25, 0.3) is 0 Å². The van der Waals surface area contributed by atoms with Crippen molar-refractivity contribution in [3.8, 4) is 0 Å². The Morgan fingerprint density at radius 3 is 2.50 bits per heavy atom. The predicted molar refractivity (Wildman–Crippen MR) is 140 cm³/mol. The number of hydrogen-bond acceptors (Lipinski definition) is 6. The molecule has 0 radical (unpaired) electrons. The molecular weight excluding hydrogens is 484 g/mol. The van der Waals surface area contributed by atoms with Crippen LogP contribution in [0.1, 0.15) is 30.4 Å². The van der Waals surface area contributed by atoms with Crippen LogP contribution < -0.4 is 16.4 Å². The number of hydrogen-bond donors (Lipinski definition) is 4. The van der Waals surface area contributed by atoms with Crippen LogP contribution in [0.15, 0.2) is 60.8 Å². The van der Waals surface area contributed by atoms with Crippen molar-refractivity contribution in [2.45, 2.75) is 44.4 Å². The number of rotatable bonds is 12. The van der Waals surface area contributed by atoms with Gasteiger partial charge in [0.2, 0.25) is 5.91 Å². The topological polar surface area (TPSA) is 136 Å². The van der Waals surface area contributed by atoms with Crippen molar-refractivity contribution in [2.24, 2.45) is 5.73 Å². The number of benzene rings is 2. The summed E-state index contributed by atoms with van der Waals surface area (Å²) in [6.07, 6.45) is 3.21. The highest BCUT2D eigenvalue weighted by atomic mass is 35.5. The van der Waals surface area contributed by atoms with E-state index in [2.05, 4.69) is 15.6 Å². The van der Waals surface area contributed by atoms with Gasteiger partial charge < -0.3 is 30.8 Å². The number of unbranched alkanes of at least 4 members (excludes halogenated alkanes) is 1. The largest absolute Gasteiger partial charge is 0.467 e. The number of amides is 2. The lowest BCUT2D eigenvalue weighted by molar-refractivity contribution is -0.145. The fraction of sp³-hybridized carbons (Fsp3) is 0.346. The molecule has 0 bridgehead atoms. The number of H-pyrrole nitrogens is 1. The number of carbonyl (C=O) groups excluding carboxylic acids is 3. The summed E-state index contributed by atoms with van der Waals surface area (Å²) < 4.78 is 10.00. The zero-order chi connectivity index (χ0) is 25.0. The van der Waals surface area contributed by atoms with Crippen molar-refractivity contribution in [1.29, 1.82) is 0 Å². The number of halogens is 1. The van der Waals surface area contributed by atoms with E-state index < -0.39 is 30.1 Å². The Kier molecular flexibility index (Phi) is 11.7. The number of ether oxygens (including phenoxy) is 2. The van der Waals surface area contributed by atoms with Gasteiger partial charge in [0.15, 0.2) is 0 Å². The second-order valence-corrected chi connectivity index (χ2v) is 8.24. The molecule has 0 saturated heterocycles. The van der Waals surface area contributed by atoms with E-state index in [4.69, 9.17) is 15.2 Å². The summed E-state index contributed by atoms with van der Waals surface area (Å²) in [4.78, 5) is 39.8. The molecule has 10 heteroatoms. The number of aromatic amines is 1. The summed E-state index contributed by atoms with van der Waals surface area (Å²) in [6.45, 7) is 0.581. The van der Waals surface area contributed by atoms with E-state index in [0.717, 1.165) is 22.0 Å². The van der Waals surface area contributed by atoms with E-state index in [-0.39, 0.29) is 19.0 Å². The maximum Gasteiger partial charge on any atom is 0.407 e. The maximum absolute atomic E-state index is 12.7. The van der Waals surface area contributed by atoms with Crippen LogP contribution >= 0.6 is 12.4 Å². The second-order valence-electron chi connectivity index (χ2n) is 8.24. The minimum absolute atomic E-state index is 0. The molecule has 1 aromatic heterocycles. The Morgan fingerprint density at radius 2 is 1.75 bits per heavy atom. The number of alkyl carbamates (subject to hydrolysis) is 1. The quantitative estimate of drug-likeness (QED) is 0.215. The first-order chi connectivity index (χ1) is 17.0. The zero-order valence-electron chi connectivity index (χ0n) is 20.2. The number of methoxy groups -OCH3 is 1. The van der Waals surface area contributed by atoms with Gasteiger partial charge in [0.1, 0.15) is 12.6 Å². The van der Waals surface area contributed by atoms with E-state index in [1.54, 1.807) is 0 Å². The van der Waals surface area contributed by atoms with Gasteiger partial charge in [0.05, 0.1) is 13.2 Å². The van der Waals surface area contributed by atoms with Gasteiger partial charge in [0, 0.05) is 23.6 Å². The molecule has 0 aliphatic heterocycles. The lowest BCUT2D eigenvalue weighted by atomic mass is 10.0. The number of carbonyl (C=O) groups is 3. The molecule has 0 unspecified atom stereocenters. The first kappa shape index (κ1) is 28.7. The van der Waals surface area contributed by atoms with Crippen LogP contribution in [0, 0.1) is 0 Å². The van der Waals surface area contributed by atoms with Crippen LogP contribution in [0.5, 0.6) is 0 Å². The standard InChI is InChI=1S/C26H32N4O5.ClH/c1-34-25(32)23(13-7-8-14-28-26(33)35-17-18-9-3-2-4-10-18)30-24(31)21(27)15-19-16-29-22-12-6-5-11-20(19)22;/h2-6,9-12,16,21,23,29H,7-8,13-15,17,27H2,1H3,(H,28,33)(H,30,31);1H/t21-,23+;/m1./s1. The van der Waals surface area contributed by atoms with Gasteiger partial charge in [-0.05, 0) is 42.9 Å². The van der Waals surface area contributed by atoms with Crippen molar-refractivity contribution in [1.82, 2.24) is 15.6 Å². The van der Waals surface area contributed by atoms with Gasteiger partial charge in [-0.3, -0.25) is 4.79 Å². The molecule has 5 N–H and O–H groups in total. The Hall–Kier alpha value is -3.56. The molecule has 194 valence electrons. The molecule has 0 spiro atoms. The van der Waals surface area contributed by atoms with Gasteiger partial charge in [-0.1, -0.05) is 48.5 Å². The summed E-state index contributed by atoms with van der Waals surface area (Å²) in [7, 11) is 1.28. The molecule has 3 aromatic rings. The monoisotopic (exact) mass is 516 g/mol. The molecule has 9 nitrogen and oxygen atoms in total. The Morgan fingerprint density at radius 1 is 1.03 bits per heavy atom. The summed E-state index contributed by atoms with van der Waals surface area (Å²) in [5, 5.41) is 6.40. The molecule has 0 aliphatic carbocycles. The third-order valence-electron chi connectivity index (χ3n) is 5.66. The number of para-hydroxylation sites is 1. The van der Waals surface area contributed by atoms with Crippen LogP contribution in [0.4, 0.5) is 4.79 Å². The Bertz CT molecular complexity index is 1120. The molecule has 2 amide bonds. The minimum atomic E-state index is -0.817. The summed E-state index contributed by atoms with van der Waals surface area (Å²) in [5.74, 6) is -0.957. The maximum atomic E-state index is 12.7. The van der Waals surface area contributed by atoms with Gasteiger partial charge >= 0.3 is 12.1 Å². The number of nitrogens with one attached hydrogen (secondary N) is 3. The Balaban J connectivity index is 0.00000456. The first-order valence-corrected chi connectivity index (χ1v) is 11.6. The fourth-order valence-electron chi connectivity index (χ4n) is 3.74. The van der Waals surface area contributed by atoms with Gasteiger partial charge in [-0.25, -0.2) is 9.59 Å². The normalized spacial score (nSPS) is 12.2. The van der Waals surface area contributed by atoms with Crippen LogP contribution in [0.25, 0.3) is 10.9 Å². The lowest BCUT2D eigenvalue weighted by Crippen LogP contribution is -2.49. The molecule has 1 heterocycles. The highest BCUT2D eigenvalue weighted by Gasteiger charge is 2.24. The average Bonchev–Trinajstić information content (AvgIpc) is 3.29. The van der Waals surface area contributed by atoms with Gasteiger partial charge in [-0.2, -0.15) is 0 Å². The molecule has 0 aliphatic rings. The number of aromatic nitrogens is 1. The SMILES string of the molecule is COC(=O)[C@H](CCCCNC(=O)OCc1ccccc1)NC(=O)[C@H](N)Cc1c[nH]c2ccccc12.Cl. The lowest BCUT2D eigenvalue weighted by Gasteiger charge is -2.19. The van der Waals surface area contributed by atoms with Crippen LogP contribution in [-0.4, -0.2) is 48.7 Å². The smallest absolute Gasteiger partial charge is 0.407 e. The molecule has 2 aromatic carbocycles. The fourth-order valence-corrected chi connectivity index (χ4v) is 3.74. The van der Waals surface area contributed by atoms with Crippen LogP contribution in [0.2, 0.25) is 0 Å². The van der Waals surface area contributed by atoms with Crippen molar-refractivity contribution >= 4 is 41.3 Å². The highest BCUT2D eigenvalue weighted by molar-refractivity contribution is 5.89. The summed E-state index contributed by atoms with van der Waals surface area (Å²) >= 11 is 0. The van der Waals surface area contributed by atoms with Crippen molar-refractivity contribution in [2.75, 3.05) is 13.7 Å². The highest BCUT2D eigenvalue weighted by Crippen LogP contribution is 2.19. The van der Waals surface area contributed by atoms with E-state index in [1.807, 2.05) is 60.8 Å². The summed E-state index contributed by atoms with van der Waals surface area (Å²) in [5.41, 5.74) is 8.94. The van der Waals surface area contributed by atoms with Crippen LogP contribution in [0.3, 0.4) is 0 Å². The number of esters is 1. The zero-order valence-corrected chi connectivity index (χ0v) is 21.0. The molecular formula is C26H33ClN4O5. The summed E-state index contributed by atoms with van der Waals surface area (Å²) in [6, 6.07) is 15.5. The van der Waals surface area contributed by atoms with Crippen molar-refractivity contribution in [3.05, 3.63) is 71.9 Å². The van der Waals surface area contributed by atoms with E-state index in [0.29, 0.717) is 32.2 Å². The first-order valence-electron chi connectivity index (χ1n) is 11.6. The number of nitrogens with two attached hydrogens (primary N) is 1. The third-order valence-corrected chi connectivity index (χ3v) is 5.66. The molecule has 0 fully saturated rings. The molecule has 36 heavy (non-hydrogen) atoms. The van der Waals surface area contributed by atoms with Crippen molar-refractivity contribution in [3.63, 3.8) is 0 Å². The van der Waals surface area contributed by atoms with E-state index in [1.165, 1.54) is 7.11 Å². The second kappa shape index (κ2) is 14.8. The van der Waals surface area contributed by atoms with Crippen molar-refractivity contribution < 1.29 is 23.9 Å². The number of fused-ring (bicyclic) bond motifs is 1. The minimum Gasteiger partial charge on any atom is -0.467 e. The third kappa shape index (κ3) is 8.58. The van der Waals surface area contributed by atoms with E-state index in [9.17, 15) is 14.4 Å². The molecule has 2 atom stereocenters. The van der Waals surface area contributed by atoms with Crippen LogP contribution in [-0.2, 0) is 32.1 Å². The average molecular weight is 517 g/mol. The molecule has 3 rings (SSSR count). The Labute approximate surface area is 216 Å². The van der Waals surface area contributed by atoms with Gasteiger partial charge in [-0.15, -0.1) is 12.4 Å². The predicted octanol–water partition coefficient (Wildman–Crippen LogP) is 3.21. The molecule has 0 saturated carbocycles. The van der Waals surface area contributed by atoms with E-state index >= 15 is 0 Å².